The zero-order valence-electron chi connectivity index (χ0n) is 8.83. The van der Waals surface area contributed by atoms with Crippen molar-refractivity contribution in [3.05, 3.63) is 29.6 Å². The Labute approximate surface area is 85.1 Å². The van der Waals surface area contributed by atoms with E-state index >= 15 is 0 Å². The van der Waals surface area contributed by atoms with Crippen molar-refractivity contribution in [2.24, 2.45) is 0 Å². The van der Waals surface area contributed by atoms with Crippen LogP contribution in [0, 0.1) is 6.92 Å². The molecular weight excluding hydrogens is 174 g/mol. The van der Waals surface area contributed by atoms with Gasteiger partial charge in [-0.3, -0.25) is 9.88 Å². The molecule has 14 heavy (non-hydrogen) atoms. The molecular formula is C11H17N3. The van der Waals surface area contributed by atoms with Crippen LogP contribution in [0.2, 0.25) is 0 Å². The molecule has 3 nitrogen and oxygen atoms in total. The van der Waals surface area contributed by atoms with Crippen LogP contribution in [0.5, 0.6) is 0 Å². The molecule has 0 radical (unpaired) electrons. The molecule has 1 saturated heterocycles. The van der Waals surface area contributed by atoms with Gasteiger partial charge in [-0.15, -0.1) is 0 Å². The van der Waals surface area contributed by atoms with E-state index in [4.69, 9.17) is 0 Å². The van der Waals surface area contributed by atoms with Crippen LogP contribution in [-0.4, -0.2) is 36.6 Å². The number of piperazine rings is 1. The molecule has 0 saturated carbocycles. The van der Waals surface area contributed by atoms with Crippen molar-refractivity contribution in [2.45, 2.75) is 13.0 Å². The maximum atomic E-state index is 4.43. The number of hydrogen-bond acceptors (Lipinski definition) is 3. The lowest BCUT2D eigenvalue weighted by molar-refractivity contribution is 0.198. The standard InChI is InChI=1S/C11H17N3/c1-9-3-4-13-10(7-9)11-8-12-5-6-14(11)2/h3-4,7,11-12H,5-6,8H2,1-2H3. The Morgan fingerprint density at radius 3 is 3.14 bits per heavy atom. The van der Waals surface area contributed by atoms with Gasteiger partial charge in [-0.1, -0.05) is 0 Å². The fraction of sp³-hybridized carbons (Fsp3) is 0.545. The Balaban J connectivity index is 2.20. The Morgan fingerprint density at radius 2 is 2.43 bits per heavy atom. The first-order valence-corrected chi connectivity index (χ1v) is 5.11. The Bertz CT molecular complexity index is 311. The van der Waals surface area contributed by atoms with E-state index in [-0.39, 0.29) is 0 Å². The number of aromatic nitrogens is 1. The summed E-state index contributed by atoms with van der Waals surface area (Å²) in [6.45, 7) is 5.30. The molecule has 1 aliphatic heterocycles. The van der Waals surface area contributed by atoms with E-state index in [1.165, 1.54) is 11.3 Å². The zero-order chi connectivity index (χ0) is 9.97. The van der Waals surface area contributed by atoms with Crippen LogP contribution in [0.25, 0.3) is 0 Å². The van der Waals surface area contributed by atoms with Gasteiger partial charge in [0.1, 0.15) is 0 Å². The van der Waals surface area contributed by atoms with Gasteiger partial charge in [-0.25, -0.2) is 0 Å². The molecule has 1 aromatic heterocycles. The fourth-order valence-corrected chi connectivity index (χ4v) is 1.88. The topological polar surface area (TPSA) is 28.2 Å². The summed E-state index contributed by atoms with van der Waals surface area (Å²) in [7, 11) is 2.16. The molecule has 1 unspecified atom stereocenters. The summed E-state index contributed by atoms with van der Waals surface area (Å²) in [6, 6.07) is 4.65. The van der Waals surface area contributed by atoms with Crippen LogP contribution in [0.4, 0.5) is 0 Å². The maximum absolute atomic E-state index is 4.43. The second-order valence-electron chi connectivity index (χ2n) is 3.96. The third-order valence-electron chi connectivity index (χ3n) is 2.79. The molecule has 1 fully saturated rings. The van der Waals surface area contributed by atoms with Crippen molar-refractivity contribution in [1.29, 1.82) is 0 Å². The third-order valence-corrected chi connectivity index (χ3v) is 2.79. The molecule has 1 N–H and O–H groups in total. The summed E-state index contributed by atoms with van der Waals surface area (Å²) < 4.78 is 0. The molecule has 1 aromatic rings. The normalized spacial score (nSPS) is 23.7. The number of hydrogen-bond donors (Lipinski definition) is 1. The highest BCUT2D eigenvalue weighted by molar-refractivity contribution is 5.18. The smallest absolute Gasteiger partial charge is 0.0644 e. The number of nitrogens with one attached hydrogen (secondary N) is 1. The van der Waals surface area contributed by atoms with Crippen LogP contribution in [-0.2, 0) is 0 Å². The highest BCUT2D eigenvalue weighted by atomic mass is 15.2. The predicted molar refractivity (Wildman–Crippen MR) is 57.2 cm³/mol. The van der Waals surface area contributed by atoms with Crippen LogP contribution in [0.15, 0.2) is 18.3 Å². The summed E-state index contributed by atoms with van der Waals surface area (Å²) in [5.74, 6) is 0. The third kappa shape index (κ3) is 1.94. The predicted octanol–water partition coefficient (Wildman–Crippen LogP) is 0.966. The van der Waals surface area contributed by atoms with Gasteiger partial charge in [-0.05, 0) is 31.7 Å². The Hall–Kier alpha value is -0.930. The first-order chi connectivity index (χ1) is 6.77. The molecule has 2 rings (SSSR count). The molecule has 1 aliphatic rings. The van der Waals surface area contributed by atoms with Gasteiger partial charge in [-0.2, -0.15) is 0 Å². The van der Waals surface area contributed by atoms with Gasteiger partial charge in [0.15, 0.2) is 0 Å². The molecule has 2 heterocycles. The van der Waals surface area contributed by atoms with E-state index in [2.05, 4.69) is 35.2 Å². The molecule has 76 valence electrons. The average Bonchev–Trinajstić information content (AvgIpc) is 2.18. The lowest BCUT2D eigenvalue weighted by atomic mass is 10.1. The summed E-state index contributed by atoms with van der Waals surface area (Å²) in [5, 5.41) is 3.40. The average molecular weight is 191 g/mol. The van der Waals surface area contributed by atoms with Crippen molar-refractivity contribution < 1.29 is 0 Å². The van der Waals surface area contributed by atoms with Crippen LogP contribution in [0.3, 0.4) is 0 Å². The van der Waals surface area contributed by atoms with Gasteiger partial charge in [0.05, 0.1) is 11.7 Å². The van der Waals surface area contributed by atoms with Crippen molar-refractivity contribution in [3.8, 4) is 0 Å². The van der Waals surface area contributed by atoms with Gasteiger partial charge in [0.25, 0.3) is 0 Å². The maximum Gasteiger partial charge on any atom is 0.0644 e. The second-order valence-corrected chi connectivity index (χ2v) is 3.96. The minimum atomic E-state index is 0.434. The van der Waals surface area contributed by atoms with Gasteiger partial charge in [0.2, 0.25) is 0 Å². The highest BCUT2D eigenvalue weighted by Gasteiger charge is 2.21. The number of aryl methyl sites for hydroxylation is 1. The lowest BCUT2D eigenvalue weighted by Crippen LogP contribution is -2.44. The van der Waals surface area contributed by atoms with Gasteiger partial charge in [0, 0.05) is 25.8 Å². The molecule has 3 heteroatoms. The summed E-state index contributed by atoms with van der Waals surface area (Å²) in [6.07, 6.45) is 1.90. The minimum absolute atomic E-state index is 0.434. The number of rotatable bonds is 1. The quantitative estimate of drug-likeness (QED) is 0.717. The minimum Gasteiger partial charge on any atom is -0.313 e. The van der Waals surface area contributed by atoms with E-state index in [0.717, 1.165) is 19.6 Å². The van der Waals surface area contributed by atoms with E-state index in [0.29, 0.717) is 6.04 Å². The number of nitrogens with zero attached hydrogens (tertiary/aromatic N) is 2. The van der Waals surface area contributed by atoms with E-state index < -0.39 is 0 Å². The molecule has 1 atom stereocenters. The summed E-state index contributed by atoms with van der Waals surface area (Å²) in [5.41, 5.74) is 2.47. The number of likely N-dealkylation sites (N-methyl/N-ethyl adjacent to an activating group) is 1. The van der Waals surface area contributed by atoms with E-state index in [1.807, 2.05) is 12.3 Å². The Morgan fingerprint density at radius 1 is 1.57 bits per heavy atom. The second kappa shape index (κ2) is 4.07. The van der Waals surface area contributed by atoms with E-state index in [1.54, 1.807) is 0 Å². The van der Waals surface area contributed by atoms with Crippen molar-refractivity contribution in [3.63, 3.8) is 0 Å². The molecule has 0 amide bonds. The first kappa shape index (κ1) is 9.62. The van der Waals surface area contributed by atoms with Crippen molar-refractivity contribution in [2.75, 3.05) is 26.7 Å². The van der Waals surface area contributed by atoms with Crippen molar-refractivity contribution >= 4 is 0 Å². The summed E-state index contributed by atoms with van der Waals surface area (Å²) in [4.78, 5) is 6.79. The van der Waals surface area contributed by atoms with E-state index in [9.17, 15) is 0 Å². The van der Waals surface area contributed by atoms with Crippen LogP contribution >= 0.6 is 0 Å². The molecule has 0 spiro atoms. The zero-order valence-corrected chi connectivity index (χ0v) is 8.83. The fourth-order valence-electron chi connectivity index (χ4n) is 1.88. The SMILES string of the molecule is Cc1ccnc(C2CNCCN2C)c1. The van der Waals surface area contributed by atoms with Gasteiger partial charge < -0.3 is 5.32 Å². The van der Waals surface area contributed by atoms with Gasteiger partial charge >= 0.3 is 0 Å². The van der Waals surface area contributed by atoms with Crippen LogP contribution < -0.4 is 5.32 Å². The molecule has 0 aliphatic carbocycles. The molecule has 0 aromatic carbocycles. The van der Waals surface area contributed by atoms with Crippen LogP contribution in [0.1, 0.15) is 17.3 Å². The summed E-state index contributed by atoms with van der Waals surface area (Å²) >= 11 is 0. The Kier molecular flexibility index (Phi) is 2.79. The highest BCUT2D eigenvalue weighted by Crippen LogP contribution is 2.18. The van der Waals surface area contributed by atoms with Crippen molar-refractivity contribution in [1.82, 2.24) is 15.2 Å². The first-order valence-electron chi connectivity index (χ1n) is 5.11. The monoisotopic (exact) mass is 191 g/mol. The number of pyridine rings is 1. The largest absolute Gasteiger partial charge is 0.313 e. The lowest BCUT2D eigenvalue weighted by Gasteiger charge is -2.32. The molecule has 0 bridgehead atoms.